The van der Waals surface area contributed by atoms with Crippen molar-refractivity contribution in [1.29, 1.82) is 0 Å². The number of carbonyl (C=O) groups is 4. The van der Waals surface area contributed by atoms with E-state index in [2.05, 4.69) is 16.0 Å². The SMILES string of the molecule is Cc1cc(S(=O)(=O)N2CCCC2)ccc1-c1ccc(C[C@H](CC(=O)C2CCC(CNC(=O)OC(C)(C)C)CC2)C(=O)Nc2ccc3c(c2)NCC3=O)cc1. The Morgan fingerprint density at radius 3 is 2.28 bits per heavy atom. The lowest BCUT2D eigenvalue weighted by atomic mass is 9.77. The van der Waals surface area contributed by atoms with Gasteiger partial charge < -0.3 is 20.7 Å². The van der Waals surface area contributed by atoms with Crippen molar-refractivity contribution in [3.63, 3.8) is 0 Å². The topological polar surface area (TPSA) is 151 Å². The zero-order valence-electron chi connectivity index (χ0n) is 31.7. The number of sulfonamides is 1. The van der Waals surface area contributed by atoms with Gasteiger partial charge >= 0.3 is 6.09 Å². The van der Waals surface area contributed by atoms with E-state index in [1.54, 1.807) is 34.6 Å². The molecule has 0 aromatic heterocycles. The van der Waals surface area contributed by atoms with E-state index in [1.807, 2.05) is 58.0 Å². The number of hydrogen-bond donors (Lipinski definition) is 3. The minimum Gasteiger partial charge on any atom is -0.444 e. The molecule has 3 aromatic carbocycles. The fraction of sp³-hybridized carbons (Fsp3) is 0.476. The zero-order chi connectivity index (χ0) is 38.6. The molecule has 3 aromatic rings. The van der Waals surface area contributed by atoms with Gasteiger partial charge in [0.25, 0.3) is 0 Å². The van der Waals surface area contributed by atoms with E-state index in [-0.39, 0.29) is 42.3 Å². The summed E-state index contributed by atoms with van der Waals surface area (Å²) >= 11 is 0. The predicted octanol–water partition coefficient (Wildman–Crippen LogP) is 7.14. The number of nitrogens with one attached hydrogen (secondary N) is 3. The Morgan fingerprint density at radius 1 is 0.926 bits per heavy atom. The number of benzene rings is 3. The average molecular weight is 757 g/mol. The molecule has 12 heteroatoms. The molecule has 0 unspecified atom stereocenters. The molecule has 0 bridgehead atoms. The van der Waals surface area contributed by atoms with Crippen LogP contribution < -0.4 is 16.0 Å². The fourth-order valence-electron chi connectivity index (χ4n) is 7.73. The van der Waals surface area contributed by atoms with Crippen molar-refractivity contribution in [1.82, 2.24) is 9.62 Å². The Kier molecular flexibility index (Phi) is 11.9. The number of ketones is 2. The molecule has 1 atom stereocenters. The van der Waals surface area contributed by atoms with E-state index < -0.39 is 27.6 Å². The van der Waals surface area contributed by atoms with Crippen molar-refractivity contribution < 1.29 is 32.3 Å². The van der Waals surface area contributed by atoms with Gasteiger partial charge in [-0.1, -0.05) is 30.3 Å². The monoisotopic (exact) mass is 756 g/mol. The van der Waals surface area contributed by atoms with E-state index in [1.165, 1.54) is 0 Å². The molecule has 3 aliphatic rings. The second-order valence-electron chi connectivity index (χ2n) is 16.0. The molecular formula is C42H52N4O7S. The van der Waals surface area contributed by atoms with Crippen LogP contribution in [0, 0.1) is 24.7 Å². The van der Waals surface area contributed by atoms with Gasteiger partial charge in [-0.3, -0.25) is 14.4 Å². The van der Waals surface area contributed by atoms with E-state index in [4.69, 9.17) is 4.74 Å². The minimum absolute atomic E-state index is 0.00314. The Balaban J connectivity index is 1.13. The lowest BCUT2D eigenvalue weighted by Crippen LogP contribution is -2.37. The third-order valence-corrected chi connectivity index (χ3v) is 12.6. The van der Waals surface area contributed by atoms with E-state index in [0.29, 0.717) is 60.7 Å². The van der Waals surface area contributed by atoms with Crippen molar-refractivity contribution in [3.8, 4) is 11.1 Å². The first-order valence-electron chi connectivity index (χ1n) is 19.1. The van der Waals surface area contributed by atoms with Crippen molar-refractivity contribution in [2.75, 3.05) is 36.8 Å². The van der Waals surface area contributed by atoms with Gasteiger partial charge in [-0.25, -0.2) is 13.2 Å². The molecule has 3 N–H and O–H groups in total. The fourth-order valence-corrected chi connectivity index (χ4v) is 9.33. The smallest absolute Gasteiger partial charge is 0.407 e. The first-order chi connectivity index (χ1) is 25.7. The molecule has 288 valence electrons. The Hall–Kier alpha value is -4.55. The lowest BCUT2D eigenvalue weighted by molar-refractivity contribution is -0.129. The first-order valence-corrected chi connectivity index (χ1v) is 20.5. The molecule has 0 radical (unpaired) electrons. The molecule has 11 nitrogen and oxygen atoms in total. The maximum atomic E-state index is 13.9. The summed E-state index contributed by atoms with van der Waals surface area (Å²) in [4.78, 5) is 52.2. The number of hydrogen-bond acceptors (Lipinski definition) is 8. The second-order valence-corrected chi connectivity index (χ2v) is 17.9. The highest BCUT2D eigenvalue weighted by Gasteiger charge is 2.32. The van der Waals surface area contributed by atoms with Crippen molar-refractivity contribution in [2.24, 2.45) is 17.8 Å². The number of anilines is 2. The molecule has 1 saturated heterocycles. The van der Waals surface area contributed by atoms with Crippen molar-refractivity contribution in [2.45, 2.75) is 89.6 Å². The maximum absolute atomic E-state index is 13.9. The first kappa shape index (κ1) is 39.2. The van der Waals surface area contributed by atoms with Crippen LogP contribution in [0.3, 0.4) is 0 Å². The van der Waals surface area contributed by atoms with Crippen LogP contribution in [0.2, 0.25) is 0 Å². The van der Waals surface area contributed by atoms with Gasteiger partial charge in [0, 0.05) is 54.8 Å². The summed E-state index contributed by atoms with van der Waals surface area (Å²) in [6.07, 6.45) is 4.76. The number of rotatable bonds is 12. The van der Waals surface area contributed by atoms with Crippen LogP contribution >= 0.6 is 0 Å². The largest absolute Gasteiger partial charge is 0.444 e. The number of ether oxygens (including phenoxy) is 1. The molecule has 1 aliphatic carbocycles. The Morgan fingerprint density at radius 2 is 1.61 bits per heavy atom. The minimum atomic E-state index is -3.52. The number of nitrogens with zero attached hydrogens (tertiary/aromatic N) is 1. The predicted molar refractivity (Wildman–Crippen MR) is 209 cm³/mol. The molecule has 1 saturated carbocycles. The van der Waals surface area contributed by atoms with Crippen molar-refractivity contribution >= 4 is 45.0 Å². The third-order valence-electron chi connectivity index (χ3n) is 10.7. The Bertz CT molecular complexity index is 1990. The highest BCUT2D eigenvalue weighted by atomic mass is 32.2. The summed E-state index contributed by atoms with van der Waals surface area (Å²) in [6, 6.07) is 18.3. The number of amides is 2. The standard InChI is InChI=1S/C42H52N4O7S/c1-27-21-34(54(51,52)46-19-5-6-20-46)16-18-35(27)30-11-7-28(8-12-30)22-32(40(49)45-33-15-17-36-37(24-33)43-26-39(36)48)23-38(47)31-13-9-29(10-14-31)25-44-41(50)53-42(2,3)4/h7-8,11-12,15-18,21,24,29,31-32,43H,5-6,9-10,13-14,19-20,22-23,25-26H2,1-4H3,(H,44,50)(H,45,49)/t29?,31?,32-/m1/s1. The highest BCUT2D eigenvalue weighted by molar-refractivity contribution is 7.89. The summed E-state index contributed by atoms with van der Waals surface area (Å²) in [5.74, 6) is -0.730. The van der Waals surface area contributed by atoms with Crippen LogP contribution in [0.5, 0.6) is 0 Å². The van der Waals surface area contributed by atoms with E-state index in [0.717, 1.165) is 47.9 Å². The summed E-state index contributed by atoms with van der Waals surface area (Å²) in [7, 11) is -3.52. The number of alkyl carbamates (subject to hydrolysis) is 1. The van der Waals surface area contributed by atoms with Crippen LogP contribution in [0.4, 0.5) is 16.2 Å². The van der Waals surface area contributed by atoms with Gasteiger partial charge in [-0.2, -0.15) is 4.31 Å². The Labute approximate surface area is 318 Å². The van der Waals surface area contributed by atoms with Crippen LogP contribution in [0.15, 0.2) is 65.6 Å². The summed E-state index contributed by atoms with van der Waals surface area (Å²) in [5.41, 5.74) is 4.86. The molecule has 6 rings (SSSR count). The number of aryl methyl sites for hydroxylation is 1. The molecule has 2 aliphatic heterocycles. The third kappa shape index (κ3) is 9.57. The van der Waals surface area contributed by atoms with Gasteiger partial charge in [0.15, 0.2) is 5.78 Å². The molecule has 2 fully saturated rings. The van der Waals surface area contributed by atoms with Crippen LogP contribution in [0.1, 0.15) is 87.2 Å². The van der Waals surface area contributed by atoms with E-state index in [9.17, 15) is 27.6 Å². The molecule has 2 heterocycles. The number of fused-ring (bicyclic) bond motifs is 1. The van der Waals surface area contributed by atoms with Gasteiger partial charge in [0.1, 0.15) is 11.4 Å². The lowest BCUT2D eigenvalue weighted by Gasteiger charge is -2.29. The zero-order valence-corrected chi connectivity index (χ0v) is 32.5. The molecule has 0 spiro atoms. The quantitative estimate of drug-likeness (QED) is 0.177. The summed E-state index contributed by atoms with van der Waals surface area (Å²) < 4.78 is 33.2. The second kappa shape index (κ2) is 16.4. The molecule has 2 amide bonds. The molecule has 54 heavy (non-hydrogen) atoms. The van der Waals surface area contributed by atoms with Crippen molar-refractivity contribution in [3.05, 3.63) is 77.4 Å². The highest BCUT2D eigenvalue weighted by Crippen LogP contribution is 2.33. The summed E-state index contributed by atoms with van der Waals surface area (Å²) in [6.45, 7) is 9.21. The van der Waals surface area contributed by atoms with Crippen LogP contribution in [0.25, 0.3) is 11.1 Å². The van der Waals surface area contributed by atoms with Crippen LogP contribution in [-0.4, -0.2) is 68.1 Å². The number of carbonyl (C=O) groups excluding carboxylic acids is 4. The van der Waals surface area contributed by atoms with Gasteiger partial charge in [-0.15, -0.1) is 0 Å². The maximum Gasteiger partial charge on any atom is 0.407 e. The average Bonchev–Trinajstić information content (AvgIpc) is 3.81. The summed E-state index contributed by atoms with van der Waals surface area (Å²) in [5, 5.41) is 8.92. The van der Waals surface area contributed by atoms with Gasteiger partial charge in [0.2, 0.25) is 15.9 Å². The number of Topliss-reactive ketones (excluding diaryl/α,β-unsaturated/α-hetero) is 2. The normalized spacial score (nSPS) is 19.4. The van der Waals surface area contributed by atoms with E-state index >= 15 is 0 Å². The van der Waals surface area contributed by atoms with Gasteiger partial charge in [0.05, 0.1) is 11.4 Å². The van der Waals surface area contributed by atoms with Crippen LogP contribution in [-0.2, 0) is 30.8 Å². The van der Waals surface area contributed by atoms with Gasteiger partial charge in [-0.05, 0) is 131 Å². The molecular weight excluding hydrogens is 705 g/mol.